The number of carbonyl (C=O) groups is 2. The Balaban J connectivity index is 1.62. The van der Waals surface area contributed by atoms with Crippen LogP contribution >= 0.6 is 11.6 Å². The van der Waals surface area contributed by atoms with Crippen LogP contribution in [0.4, 0.5) is 0 Å². The molecule has 6 heteroatoms. The van der Waals surface area contributed by atoms with Crippen LogP contribution in [-0.2, 0) is 20.9 Å². The Morgan fingerprint density at radius 3 is 2.35 bits per heavy atom. The van der Waals surface area contributed by atoms with Crippen LogP contribution in [0.15, 0.2) is 72.8 Å². The first-order chi connectivity index (χ1) is 15.0. The van der Waals surface area contributed by atoms with E-state index in [9.17, 15) is 14.9 Å². The maximum absolute atomic E-state index is 12.4. The lowest BCUT2D eigenvalue weighted by molar-refractivity contribution is -0.145. The van der Waals surface area contributed by atoms with Gasteiger partial charge in [0.1, 0.15) is 6.61 Å². The van der Waals surface area contributed by atoms with Crippen molar-refractivity contribution >= 4 is 23.5 Å². The Hall–Kier alpha value is -3.62. The molecule has 1 N–H and O–H groups in total. The number of benzene rings is 3. The van der Waals surface area contributed by atoms with Gasteiger partial charge in [0.05, 0.1) is 24.1 Å². The molecule has 156 valence electrons. The molecule has 0 aromatic heterocycles. The fourth-order valence-corrected chi connectivity index (χ4v) is 3.32. The van der Waals surface area contributed by atoms with Crippen LogP contribution in [0.3, 0.4) is 0 Å². The number of nitrogens with zero attached hydrogens (tertiary/aromatic N) is 1. The van der Waals surface area contributed by atoms with Crippen molar-refractivity contribution in [2.75, 3.05) is 0 Å². The van der Waals surface area contributed by atoms with Crippen molar-refractivity contribution in [3.63, 3.8) is 0 Å². The van der Waals surface area contributed by atoms with Crippen LogP contribution in [-0.4, -0.2) is 11.9 Å². The average molecular weight is 433 g/mol. The Kier molecular flexibility index (Phi) is 7.42. The van der Waals surface area contributed by atoms with E-state index in [2.05, 4.69) is 11.4 Å². The van der Waals surface area contributed by atoms with Gasteiger partial charge in [0, 0.05) is 11.9 Å². The number of esters is 1. The first-order valence-electron chi connectivity index (χ1n) is 9.73. The number of ether oxygens (including phenoxy) is 1. The molecule has 0 bridgehead atoms. The molecule has 1 atom stereocenters. The van der Waals surface area contributed by atoms with Crippen LogP contribution in [0.5, 0.6) is 0 Å². The van der Waals surface area contributed by atoms with Crippen LogP contribution in [0.1, 0.15) is 36.1 Å². The van der Waals surface area contributed by atoms with E-state index in [0.717, 1.165) is 22.3 Å². The number of halogens is 1. The molecule has 0 aliphatic carbocycles. The number of nitrogens with one attached hydrogen (secondary N) is 1. The number of amides is 1. The minimum Gasteiger partial charge on any atom is -0.461 e. The van der Waals surface area contributed by atoms with Crippen molar-refractivity contribution in [2.24, 2.45) is 0 Å². The van der Waals surface area contributed by atoms with Gasteiger partial charge in [-0.2, -0.15) is 5.26 Å². The number of carbonyl (C=O) groups excluding carboxylic acids is 2. The van der Waals surface area contributed by atoms with Gasteiger partial charge in [0.25, 0.3) is 0 Å². The molecule has 0 heterocycles. The molecule has 5 nitrogen and oxygen atoms in total. The fourth-order valence-electron chi connectivity index (χ4n) is 3.19. The maximum atomic E-state index is 12.4. The Labute approximate surface area is 186 Å². The monoisotopic (exact) mass is 432 g/mol. The summed E-state index contributed by atoms with van der Waals surface area (Å²) in [6, 6.07) is 23.6. The van der Waals surface area contributed by atoms with E-state index in [1.54, 1.807) is 30.3 Å². The maximum Gasteiger partial charge on any atom is 0.308 e. The van der Waals surface area contributed by atoms with Crippen LogP contribution in [0.2, 0.25) is 5.02 Å². The summed E-state index contributed by atoms with van der Waals surface area (Å²) in [4.78, 5) is 23.9. The van der Waals surface area contributed by atoms with Gasteiger partial charge in [-0.25, -0.2) is 0 Å². The van der Waals surface area contributed by atoms with Gasteiger partial charge in [-0.3, -0.25) is 9.59 Å². The molecule has 3 aromatic carbocycles. The summed E-state index contributed by atoms with van der Waals surface area (Å²) in [5, 5.41) is 12.6. The van der Waals surface area contributed by atoms with Crippen molar-refractivity contribution in [3.8, 4) is 17.2 Å². The summed E-state index contributed by atoms with van der Waals surface area (Å²) in [7, 11) is 0. The third kappa shape index (κ3) is 6.18. The molecule has 1 unspecified atom stereocenters. The van der Waals surface area contributed by atoms with Crippen LogP contribution in [0.25, 0.3) is 11.1 Å². The van der Waals surface area contributed by atoms with Gasteiger partial charge >= 0.3 is 5.97 Å². The SMILES string of the molecule is CC(=O)NC(CC(=O)OCc1ccc(-c2ccccc2C#N)cc1)c1ccc(Cl)cc1. The lowest BCUT2D eigenvalue weighted by atomic mass is 9.99. The largest absolute Gasteiger partial charge is 0.461 e. The number of hydrogen-bond donors (Lipinski definition) is 1. The van der Waals surface area contributed by atoms with Crippen LogP contribution in [0, 0.1) is 11.3 Å². The standard InChI is InChI=1S/C25H21ClN2O3/c1-17(29)28-24(20-10-12-22(26)13-11-20)14-25(30)31-16-18-6-8-19(9-7-18)23-5-3-2-4-21(23)15-27/h2-13,24H,14,16H2,1H3,(H,28,29). The van der Waals surface area contributed by atoms with E-state index >= 15 is 0 Å². The molecule has 0 saturated heterocycles. The van der Waals surface area contributed by atoms with Gasteiger partial charge in [-0.1, -0.05) is 66.2 Å². The third-order valence-corrected chi connectivity index (χ3v) is 4.98. The quantitative estimate of drug-likeness (QED) is 0.521. The summed E-state index contributed by atoms with van der Waals surface area (Å²) in [6.45, 7) is 1.52. The molecule has 0 saturated carbocycles. The van der Waals surface area contributed by atoms with Gasteiger partial charge in [0.15, 0.2) is 0 Å². The number of rotatable bonds is 7. The highest BCUT2D eigenvalue weighted by Gasteiger charge is 2.18. The van der Waals surface area contributed by atoms with Crippen molar-refractivity contribution in [1.29, 1.82) is 5.26 Å². The summed E-state index contributed by atoms with van der Waals surface area (Å²) in [6.07, 6.45) is 0.00877. The second-order valence-electron chi connectivity index (χ2n) is 7.02. The molecule has 1 amide bonds. The molecular formula is C25H21ClN2O3. The summed E-state index contributed by atoms with van der Waals surface area (Å²) in [5.74, 6) is -0.659. The van der Waals surface area contributed by atoms with E-state index in [1.165, 1.54) is 6.92 Å². The lowest BCUT2D eigenvalue weighted by Gasteiger charge is -2.18. The van der Waals surface area contributed by atoms with Crippen molar-refractivity contribution in [2.45, 2.75) is 26.0 Å². The lowest BCUT2D eigenvalue weighted by Crippen LogP contribution is -2.28. The zero-order valence-corrected chi connectivity index (χ0v) is 17.7. The molecule has 0 fully saturated rings. The summed E-state index contributed by atoms with van der Waals surface area (Å²) in [5.41, 5.74) is 3.98. The van der Waals surface area contributed by atoms with Crippen molar-refractivity contribution in [1.82, 2.24) is 5.32 Å². The predicted octanol–water partition coefficient (Wildman–Crippen LogP) is 5.19. The van der Waals surface area contributed by atoms with E-state index < -0.39 is 12.0 Å². The van der Waals surface area contributed by atoms with Gasteiger partial charge in [-0.05, 0) is 40.5 Å². The van der Waals surface area contributed by atoms with Gasteiger partial charge in [-0.15, -0.1) is 0 Å². The Morgan fingerprint density at radius 1 is 1.03 bits per heavy atom. The highest BCUT2D eigenvalue weighted by molar-refractivity contribution is 6.30. The van der Waals surface area contributed by atoms with Gasteiger partial charge in [0.2, 0.25) is 5.91 Å². The topological polar surface area (TPSA) is 79.2 Å². The number of hydrogen-bond acceptors (Lipinski definition) is 4. The van der Waals surface area contributed by atoms with E-state index in [-0.39, 0.29) is 18.9 Å². The molecule has 0 spiro atoms. The Bertz CT molecular complexity index is 1100. The van der Waals surface area contributed by atoms with Crippen molar-refractivity contribution < 1.29 is 14.3 Å². The zero-order chi connectivity index (χ0) is 22.2. The van der Waals surface area contributed by atoms with Crippen LogP contribution < -0.4 is 5.32 Å². The molecule has 3 rings (SSSR count). The molecular weight excluding hydrogens is 412 g/mol. The highest BCUT2D eigenvalue weighted by atomic mass is 35.5. The molecule has 31 heavy (non-hydrogen) atoms. The molecule has 0 aliphatic rings. The first-order valence-corrected chi connectivity index (χ1v) is 10.1. The fraction of sp³-hybridized carbons (Fsp3) is 0.160. The number of nitriles is 1. The predicted molar refractivity (Wildman–Crippen MR) is 119 cm³/mol. The molecule has 0 radical (unpaired) electrons. The first kappa shape index (κ1) is 22.1. The van der Waals surface area contributed by atoms with E-state index in [0.29, 0.717) is 10.6 Å². The van der Waals surface area contributed by atoms with E-state index in [4.69, 9.17) is 16.3 Å². The highest BCUT2D eigenvalue weighted by Crippen LogP contribution is 2.24. The molecule has 0 aliphatic heterocycles. The van der Waals surface area contributed by atoms with E-state index in [1.807, 2.05) is 42.5 Å². The minimum atomic E-state index is -0.493. The van der Waals surface area contributed by atoms with Crippen molar-refractivity contribution in [3.05, 3.63) is 94.5 Å². The second kappa shape index (κ2) is 10.4. The summed E-state index contributed by atoms with van der Waals surface area (Å²) >= 11 is 5.92. The second-order valence-corrected chi connectivity index (χ2v) is 7.46. The summed E-state index contributed by atoms with van der Waals surface area (Å²) < 4.78 is 5.41. The Morgan fingerprint density at radius 2 is 1.71 bits per heavy atom. The zero-order valence-electron chi connectivity index (χ0n) is 17.0. The van der Waals surface area contributed by atoms with Gasteiger partial charge < -0.3 is 10.1 Å². The average Bonchev–Trinajstić information content (AvgIpc) is 2.78. The third-order valence-electron chi connectivity index (χ3n) is 4.73. The smallest absolute Gasteiger partial charge is 0.308 e. The molecule has 3 aromatic rings. The normalized spacial score (nSPS) is 11.3. The minimum absolute atomic E-state index is 0.00877.